The van der Waals surface area contributed by atoms with Gasteiger partial charge in [0.1, 0.15) is 0 Å². The normalized spacial score (nSPS) is 18.7. The molecule has 0 spiro atoms. The van der Waals surface area contributed by atoms with Crippen LogP contribution in [0.4, 0.5) is 13.2 Å². The van der Waals surface area contributed by atoms with Crippen molar-refractivity contribution in [3.05, 3.63) is 35.4 Å². The second-order valence-electron chi connectivity index (χ2n) is 5.00. The summed E-state index contributed by atoms with van der Waals surface area (Å²) in [6.45, 7) is 2.47. The van der Waals surface area contributed by atoms with Crippen molar-refractivity contribution >= 4 is 11.8 Å². The first-order valence-corrected chi connectivity index (χ1v) is 6.51. The number of amides is 2. The molecule has 0 unspecified atom stereocenters. The summed E-state index contributed by atoms with van der Waals surface area (Å²) in [5, 5.41) is 2.72. The lowest BCUT2D eigenvalue weighted by Crippen LogP contribution is -2.38. The van der Waals surface area contributed by atoms with E-state index in [1.165, 1.54) is 6.92 Å². The zero-order valence-corrected chi connectivity index (χ0v) is 11.4. The number of carbonyl (C=O) groups excluding carboxylic acids is 2. The Hall–Kier alpha value is -2.05. The minimum atomic E-state index is -4.41. The van der Waals surface area contributed by atoms with Crippen LogP contribution in [0.15, 0.2) is 24.3 Å². The van der Waals surface area contributed by atoms with Gasteiger partial charge >= 0.3 is 6.18 Å². The first kappa shape index (κ1) is 15.3. The fourth-order valence-corrected chi connectivity index (χ4v) is 2.24. The number of nitrogens with zero attached hydrogens (tertiary/aromatic N) is 1. The average Bonchev–Trinajstić information content (AvgIpc) is 2.86. The third-order valence-corrected chi connectivity index (χ3v) is 3.44. The van der Waals surface area contributed by atoms with E-state index in [1.807, 2.05) is 0 Å². The lowest BCUT2D eigenvalue weighted by Gasteiger charge is -2.15. The van der Waals surface area contributed by atoms with Crippen molar-refractivity contribution in [1.82, 2.24) is 10.2 Å². The Labute approximate surface area is 119 Å². The largest absolute Gasteiger partial charge is 0.416 e. The van der Waals surface area contributed by atoms with Gasteiger partial charge in [-0.15, -0.1) is 0 Å². The summed E-state index contributed by atoms with van der Waals surface area (Å²) in [7, 11) is 0. The van der Waals surface area contributed by atoms with E-state index in [2.05, 4.69) is 5.32 Å². The Morgan fingerprint density at radius 3 is 2.33 bits per heavy atom. The molecule has 7 heteroatoms. The lowest BCUT2D eigenvalue weighted by molar-refractivity contribution is -0.137. The zero-order valence-electron chi connectivity index (χ0n) is 11.4. The molecule has 2 amide bonds. The number of carbonyl (C=O) groups is 2. The minimum Gasteiger partial charge on any atom is -0.347 e. The van der Waals surface area contributed by atoms with Crippen LogP contribution in [0.5, 0.6) is 0 Å². The summed E-state index contributed by atoms with van der Waals surface area (Å²) in [6, 6.07) is 3.89. The number of likely N-dealkylation sites (tertiary alicyclic amines) is 1. The molecule has 1 heterocycles. The average molecular weight is 300 g/mol. The summed E-state index contributed by atoms with van der Waals surface area (Å²) in [6.07, 6.45) is -3.77. The summed E-state index contributed by atoms with van der Waals surface area (Å²) in [4.78, 5) is 24.8. The van der Waals surface area contributed by atoms with Crippen LogP contribution in [0.2, 0.25) is 0 Å². The molecule has 1 saturated heterocycles. The number of hydrogen-bond acceptors (Lipinski definition) is 2. The first-order valence-electron chi connectivity index (χ1n) is 6.51. The number of rotatable bonds is 2. The van der Waals surface area contributed by atoms with Gasteiger partial charge in [0.25, 0.3) is 5.91 Å². The van der Waals surface area contributed by atoms with E-state index in [9.17, 15) is 22.8 Å². The molecular formula is C14H15F3N2O2. The summed E-state index contributed by atoms with van der Waals surface area (Å²) in [5.41, 5.74) is -0.619. The van der Waals surface area contributed by atoms with E-state index in [0.717, 1.165) is 24.3 Å². The highest BCUT2D eigenvalue weighted by atomic mass is 19.4. The highest BCUT2D eigenvalue weighted by Gasteiger charge is 2.30. The van der Waals surface area contributed by atoms with Crippen LogP contribution >= 0.6 is 0 Å². The van der Waals surface area contributed by atoms with Gasteiger partial charge in [0, 0.05) is 31.6 Å². The Balaban J connectivity index is 1.97. The topological polar surface area (TPSA) is 49.4 Å². The van der Waals surface area contributed by atoms with Crippen molar-refractivity contribution in [1.29, 1.82) is 0 Å². The maximum Gasteiger partial charge on any atom is 0.416 e. The fourth-order valence-electron chi connectivity index (χ4n) is 2.24. The van der Waals surface area contributed by atoms with Gasteiger partial charge in [0.2, 0.25) is 5.91 Å². The quantitative estimate of drug-likeness (QED) is 0.909. The highest BCUT2D eigenvalue weighted by Crippen LogP contribution is 2.29. The predicted molar refractivity (Wildman–Crippen MR) is 69.6 cm³/mol. The van der Waals surface area contributed by atoms with E-state index in [4.69, 9.17) is 0 Å². The molecule has 1 N–H and O–H groups in total. The Bertz CT molecular complexity index is 540. The molecule has 21 heavy (non-hydrogen) atoms. The van der Waals surface area contributed by atoms with Crippen LogP contribution < -0.4 is 5.32 Å². The van der Waals surface area contributed by atoms with Crippen molar-refractivity contribution in [3.8, 4) is 0 Å². The van der Waals surface area contributed by atoms with E-state index < -0.39 is 17.6 Å². The fraction of sp³-hybridized carbons (Fsp3) is 0.429. The van der Waals surface area contributed by atoms with Crippen LogP contribution in [-0.2, 0) is 11.0 Å². The molecular weight excluding hydrogens is 285 g/mol. The molecule has 0 radical (unpaired) electrons. The zero-order chi connectivity index (χ0) is 15.6. The van der Waals surface area contributed by atoms with E-state index in [0.29, 0.717) is 19.5 Å². The molecule has 1 fully saturated rings. The molecule has 2 rings (SSSR count). The van der Waals surface area contributed by atoms with E-state index in [-0.39, 0.29) is 17.5 Å². The second kappa shape index (κ2) is 5.75. The molecule has 0 saturated carbocycles. The molecule has 1 atom stereocenters. The molecule has 1 aromatic carbocycles. The molecule has 114 valence electrons. The maximum atomic E-state index is 12.4. The number of nitrogens with one attached hydrogen (secondary N) is 1. The van der Waals surface area contributed by atoms with Crippen molar-refractivity contribution in [3.63, 3.8) is 0 Å². The van der Waals surface area contributed by atoms with E-state index in [1.54, 1.807) is 4.90 Å². The molecule has 0 bridgehead atoms. The van der Waals surface area contributed by atoms with Gasteiger partial charge in [-0.2, -0.15) is 13.2 Å². The van der Waals surface area contributed by atoms with Crippen LogP contribution in [0.3, 0.4) is 0 Å². The van der Waals surface area contributed by atoms with Crippen LogP contribution in [0, 0.1) is 0 Å². The number of benzene rings is 1. The molecule has 1 aliphatic heterocycles. The number of halogens is 3. The summed E-state index contributed by atoms with van der Waals surface area (Å²) in [5.74, 6) is -0.486. The van der Waals surface area contributed by atoms with Gasteiger partial charge in [-0.1, -0.05) is 0 Å². The minimum absolute atomic E-state index is 0.0544. The van der Waals surface area contributed by atoms with Crippen molar-refractivity contribution in [2.75, 3.05) is 13.1 Å². The first-order chi connectivity index (χ1) is 9.77. The Kier molecular flexibility index (Phi) is 4.20. The smallest absolute Gasteiger partial charge is 0.347 e. The van der Waals surface area contributed by atoms with Gasteiger partial charge in [0.05, 0.1) is 5.56 Å². The molecule has 0 aliphatic carbocycles. The van der Waals surface area contributed by atoms with Gasteiger partial charge < -0.3 is 10.2 Å². The predicted octanol–water partition coefficient (Wildman–Crippen LogP) is 2.06. The van der Waals surface area contributed by atoms with Crippen molar-refractivity contribution in [2.45, 2.75) is 25.6 Å². The van der Waals surface area contributed by atoms with Crippen molar-refractivity contribution in [2.24, 2.45) is 0 Å². The van der Waals surface area contributed by atoms with Gasteiger partial charge in [-0.05, 0) is 30.7 Å². The maximum absolute atomic E-state index is 12.4. The van der Waals surface area contributed by atoms with Crippen LogP contribution in [-0.4, -0.2) is 35.8 Å². The molecule has 0 aromatic heterocycles. The van der Waals surface area contributed by atoms with Crippen LogP contribution in [0.25, 0.3) is 0 Å². The highest BCUT2D eigenvalue weighted by molar-refractivity contribution is 5.94. The standard InChI is InChI=1S/C14H15F3N2O2/c1-9(20)19-7-6-12(8-19)18-13(21)10-2-4-11(5-3-10)14(15,16)17/h2-5,12H,6-8H2,1H3,(H,18,21)/t12-/m1/s1. The summed E-state index contributed by atoms with van der Waals surface area (Å²) < 4.78 is 37.3. The Morgan fingerprint density at radius 2 is 1.86 bits per heavy atom. The van der Waals surface area contributed by atoms with E-state index >= 15 is 0 Å². The molecule has 4 nitrogen and oxygen atoms in total. The lowest BCUT2D eigenvalue weighted by atomic mass is 10.1. The second-order valence-corrected chi connectivity index (χ2v) is 5.00. The molecule has 1 aromatic rings. The van der Waals surface area contributed by atoms with Gasteiger partial charge in [0.15, 0.2) is 0 Å². The summed E-state index contributed by atoms with van der Waals surface area (Å²) >= 11 is 0. The molecule has 1 aliphatic rings. The third kappa shape index (κ3) is 3.74. The third-order valence-electron chi connectivity index (χ3n) is 3.44. The SMILES string of the molecule is CC(=O)N1CC[C@@H](NC(=O)c2ccc(C(F)(F)F)cc2)C1. The van der Waals surface area contributed by atoms with Gasteiger partial charge in [-0.3, -0.25) is 9.59 Å². The Morgan fingerprint density at radius 1 is 1.24 bits per heavy atom. The number of alkyl halides is 3. The number of hydrogen-bond donors (Lipinski definition) is 1. The monoisotopic (exact) mass is 300 g/mol. The van der Waals surface area contributed by atoms with Crippen molar-refractivity contribution < 1.29 is 22.8 Å². The van der Waals surface area contributed by atoms with Gasteiger partial charge in [-0.25, -0.2) is 0 Å². The van der Waals surface area contributed by atoms with Crippen LogP contribution in [0.1, 0.15) is 29.3 Å².